The molecule has 0 aliphatic rings. The zero-order valence-corrected chi connectivity index (χ0v) is 8.77. The van der Waals surface area contributed by atoms with E-state index in [0.717, 1.165) is 6.42 Å². The van der Waals surface area contributed by atoms with Gasteiger partial charge >= 0.3 is 5.97 Å². The van der Waals surface area contributed by atoms with Gasteiger partial charge in [-0.15, -0.1) is 0 Å². The topological polar surface area (TPSA) is 26.3 Å². The summed E-state index contributed by atoms with van der Waals surface area (Å²) in [4.78, 5) is 11.1. The van der Waals surface area contributed by atoms with E-state index < -0.39 is 0 Å². The van der Waals surface area contributed by atoms with Crippen LogP contribution < -0.4 is 0 Å². The van der Waals surface area contributed by atoms with Crippen molar-refractivity contribution < 1.29 is 9.53 Å². The van der Waals surface area contributed by atoms with Crippen molar-refractivity contribution in [1.29, 1.82) is 0 Å². The maximum atomic E-state index is 11.1. The van der Waals surface area contributed by atoms with E-state index >= 15 is 0 Å². The first-order valence-electron chi connectivity index (χ1n) is 3.40. The number of rotatable bonds is 3. The van der Waals surface area contributed by atoms with Gasteiger partial charge in [0, 0.05) is 0 Å². The fourth-order valence-electron chi connectivity index (χ4n) is 0.426. The lowest BCUT2D eigenvalue weighted by Crippen LogP contribution is -2.29. The molecule has 0 spiro atoms. The zero-order chi connectivity index (χ0) is 8.20. The molecule has 1 atom stereocenters. The SMILES string of the molecule is CCOC(=O)C(C)(I)CC. The van der Waals surface area contributed by atoms with Gasteiger partial charge in [0.15, 0.2) is 0 Å². The second kappa shape index (κ2) is 4.16. The molecule has 0 amide bonds. The normalized spacial score (nSPS) is 16.0. The molecule has 0 aromatic carbocycles. The van der Waals surface area contributed by atoms with Crippen LogP contribution in [0.5, 0.6) is 0 Å². The van der Waals surface area contributed by atoms with E-state index in [-0.39, 0.29) is 9.39 Å². The third-order valence-corrected chi connectivity index (χ3v) is 2.57. The summed E-state index contributed by atoms with van der Waals surface area (Å²) in [6, 6.07) is 0. The lowest BCUT2D eigenvalue weighted by atomic mass is 10.1. The van der Waals surface area contributed by atoms with Gasteiger partial charge in [0.25, 0.3) is 0 Å². The highest BCUT2D eigenvalue weighted by Gasteiger charge is 2.28. The Morgan fingerprint density at radius 2 is 2.10 bits per heavy atom. The van der Waals surface area contributed by atoms with Crippen molar-refractivity contribution in [2.24, 2.45) is 0 Å². The van der Waals surface area contributed by atoms with Gasteiger partial charge in [0.05, 0.1) is 6.61 Å². The van der Waals surface area contributed by atoms with Crippen molar-refractivity contribution in [2.75, 3.05) is 6.61 Å². The van der Waals surface area contributed by atoms with Crippen LogP contribution in [0.25, 0.3) is 0 Å². The van der Waals surface area contributed by atoms with E-state index in [1.165, 1.54) is 0 Å². The molecule has 0 aromatic heterocycles. The highest BCUT2D eigenvalue weighted by molar-refractivity contribution is 14.1. The molecule has 0 radical (unpaired) electrons. The van der Waals surface area contributed by atoms with Crippen LogP contribution in [-0.4, -0.2) is 16.0 Å². The van der Waals surface area contributed by atoms with Crippen molar-refractivity contribution in [3.8, 4) is 0 Å². The summed E-state index contributed by atoms with van der Waals surface area (Å²) in [5, 5.41) is 0. The van der Waals surface area contributed by atoms with Gasteiger partial charge < -0.3 is 4.74 Å². The maximum absolute atomic E-state index is 11.1. The quantitative estimate of drug-likeness (QED) is 0.439. The molecule has 60 valence electrons. The van der Waals surface area contributed by atoms with Crippen LogP contribution in [-0.2, 0) is 9.53 Å². The average Bonchev–Trinajstić information content (AvgIpc) is 1.89. The van der Waals surface area contributed by atoms with Gasteiger partial charge in [0.1, 0.15) is 3.42 Å². The van der Waals surface area contributed by atoms with E-state index in [9.17, 15) is 4.79 Å². The van der Waals surface area contributed by atoms with Crippen LogP contribution >= 0.6 is 22.6 Å². The monoisotopic (exact) mass is 256 g/mol. The number of carbonyl (C=O) groups is 1. The fourth-order valence-corrected chi connectivity index (χ4v) is 0.582. The van der Waals surface area contributed by atoms with Crippen LogP contribution in [0.2, 0.25) is 0 Å². The summed E-state index contributed by atoms with van der Waals surface area (Å²) < 4.78 is 4.51. The largest absolute Gasteiger partial charge is 0.465 e. The van der Waals surface area contributed by atoms with Gasteiger partial charge in [-0.2, -0.15) is 0 Å². The summed E-state index contributed by atoms with van der Waals surface area (Å²) in [5.41, 5.74) is 0. The number of halogens is 1. The minimum absolute atomic E-state index is 0.113. The molecular weight excluding hydrogens is 243 g/mol. The van der Waals surface area contributed by atoms with Crippen molar-refractivity contribution in [3.63, 3.8) is 0 Å². The predicted molar refractivity (Wildman–Crippen MR) is 49.3 cm³/mol. The first-order valence-corrected chi connectivity index (χ1v) is 4.48. The molecule has 3 heteroatoms. The van der Waals surface area contributed by atoms with E-state index in [4.69, 9.17) is 4.74 Å². The summed E-state index contributed by atoms with van der Waals surface area (Å²) in [5.74, 6) is -0.113. The molecule has 0 rings (SSSR count). The zero-order valence-electron chi connectivity index (χ0n) is 6.61. The smallest absolute Gasteiger partial charge is 0.321 e. The van der Waals surface area contributed by atoms with Crippen LogP contribution in [0, 0.1) is 0 Å². The molecule has 0 saturated heterocycles. The van der Waals surface area contributed by atoms with E-state index in [1.807, 2.05) is 20.8 Å². The Morgan fingerprint density at radius 1 is 1.60 bits per heavy atom. The standard InChI is InChI=1S/C7H13IO2/c1-4-7(3,8)6(9)10-5-2/h4-5H2,1-3H3. The number of ether oxygens (including phenoxy) is 1. The Bertz CT molecular complexity index is 121. The second-order valence-electron chi connectivity index (χ2n) is 2.27. The van der Waals surface area contributed by atoms with Gasteiger partial charge in [-0.3, -0.25) is 4.79 Å². The second-order valence-corrected chi connectivity index (χ2v) is 4.65. The van der Waals surface area contributed by atoms with E-state index in [1.54, 1.807) is 0 Å². The molecule has 2 nitrogen and oxygen atoms in total. The van der Waals surface area contributed by atoms with Gasteiger partial charge in [0.2, 0.25) is 0 Å². The van der Waals surface area contributed by atoms with Gasteiger partial charge in [-0.25, -0.2) is 0 Å². The van der Waals surface area contributed by atoms with Gasteiger partial charge in [-0.1, -0.05) is 29.5 Å². The molecule has 0 aliphatic carbocycles. The maximum Gasteiger partial charge on any atom is 0.321 e. The Balaban J connectivity index is 3.91. The summed E-state index contributed by atoms with van der Waals surface area (Å²) in [7, 11) is 0. The molecule has 0 aromatic rings. The highest BCUT2D eigenvalue weighted by atomic mass is 127. The summed E-state index contributed by atoms with van der Waals surface area (Å²) >= 11 is 2.11. The first kappa shape index (κ1) is 10.2. The van der Waals surface area contributed by atoms with Crippen molar-refractivity contribution in [3.05, 3.63) is 0 Å². The Kier molecular flexibility index (Phi) is 4.24. The number of carbonyl (C=O) groups excluding carboxylic acids is 1. The number of hydrogen-bond acceptors (Lipinski definition) is 2. The Labute approximate surface area is 75.5 Å². The molecule has 0 heterocycles. The van der Waals surface area contributed by atoms with Crippen molar-refractivity contribution in [2.45, 2.75) is 30.6 Å². The fraction of sp³-hybridized carbons (Fsp3) is 0.857. The molecule has 0 fully saturated rings. The van der Waals surface area contributed by atoms with Crippen molar-refractivity contribution in [1.82, 2.24) is 0 Å². The first-order chi connectivity index (χ1) is 4.54. The van der Waals surface area contributed by atoms with Crippen molar-refractivity contribution >= 4 is 28.6 Å². The van der Waals surface area contributed by atoms with E-state index in [0.29, 0.717) is 6.61 Å². The lowest BCUT2D eigenvalue weighted by molar-refractivity contribution is -0.145. The Morgan fingerprint density at radius 3 is 2.40 bits per heavy atom. The predicted octanol–water partition coefficient (Wildman–Crippen LogP) is 2.15. The summed E-state index contributed by atoms with van der Waals surface area (Å²) in [6.45, 7) is 6.15. The minimum Gasteiger partial charge on any atom is -0.465 e. The highest BCUT2D eigenvalue weighted by Crippen LogP contribution is 2.23. The number of hydrogen-bond donors (Lipinski definition) is 0. The average molecular weight is 256 g/mol. The third-order valence-electron chi connectivity index (χ3n) is 1.37. The molecule has 0 saturated carbocycles. The molecule has 1 unspecified atom stereocenters. The van der Waals surface area contributed by atoms with E-state index in [2.05, 4.69) is 22.6 Å². The third kappa shape index (κ3) is 2.86. The summed E-state index contributed by atoms with van der Waals surface area (Å²) in [6.07, 6.45) is 0.812. The minimum atomic E-state index is -0.340. The van der Waals surface area contributed by atoms with Crippen LogP contribution in [0.3, 0.4) is 0 Å². The van der Waals surface area contributed by atoms with Crippen LogP contribution in [0.1, 0.15) is 27.2 Å². The Hall–Kier alpha value is 0.200. The molecular formula is C7H13IO2. The number of esters is 1. The molecule has 0 bridgehead atoms. The molecule has 0 aliphatic heterocycles. The lowest BCUT2D eigenvalue weighted by Gasteiger charge is -2.17. The van der Waals surface area contributed by atoms with Crippen LogP contribution in [0.15, 0.2) is 0 Å². The van der Waals surface area contributed by atoms with Gasteiger partial charge in [-0.05, 0) is 20.3 Å². The molecule has 10 heavy (non-hydrogen) atoms. The molecule has 0 N–H and O–H groups in total. The number of alkyl halides is 1. The van der Waals surface area contributed by atoms with Crippen LogP contribution in [0.4, 0.5) is 0 Å².